The van der Waals surface area contributed by atoms with E-state index in [1.54, 1.807) is 30.4 Å². The van der Waals surface area contributed by atoms with Crippen LogP contribution < -0.4 is 10.3 Å². The lowest BCUT2D eigenvalue weighted by Crippen LogP contribution is -2.38. The highest BCUT2D eigenvalue weighted by Gasteiger charge is 2.20. The summed E-state index contributed by atoms with van der Waals surface area (Å²) >= 11 is 0. The average molecular weight is 386 g/mol. The smallest absolute Gasteiger partial charge is 0.258 e. The minimum absolute atomic E-state index is 0.0274. The maximum atomic E-state index is 13.0. The monoisotopic (exact) mass is 386 g/mol. The SMILES string of the molecule is COc1ccc(C#CCN2CCc3ncn(Cc4ccncc4)c(=O)c3C2)cc1. The quantitative estimate of drug-likeness (QED) is 0.643. The summed E-state index contributed by atoms with van der Waals surface area (Å²) in [6.07, 6.45) is 5.89. The van der Waals surface area contributed by atoms with E-state index >= 15 is 0 Å². The molecule has 0 unspecified atom stereocenters. The van der Waals surface area contributed by atoms with Gasteiger partial charge in [-0.1, -0.05) is 11.8 Å². The van der Waals surface area contributed by atoms with Crippen LogP contribution >= 0.6 is 0 Å². The third-order valence-corrected chi connectivity index (χ3v) is 4.99. The summed E-state index contributed by atoms with van der Waals surface area (Å²) in [5.41, 5.74) is 3.69. The Morgan fingerprint density at radius 3 is 2.69 bits per heavy atom. The zero-order chi connectivity index (χ0) is 20.1. The van der Waals surface area contributed by atoms with Crippen molar-refractivity contribution in [2.75, 3.05) is 20.2 Å². The lowest BCUT2D eigenvalue weighted by Gasteiger charge is -2.26. The van der Waals surface area contributed by atoms with E-state index in [-0.39, 0.29) is 5.56 Å². The van der Waals surface area contributed by atoms with Crippen molar-refractivity contribution in [1.29, 1.82) is 0 Å². The maximum absolute atomic E-state index is 13.0. The molecule has 0 amide bonds. The van der Waals surface area contributed by atoms with E-state index in [0.717, 1.165) is 41.1 Å². The lowest BCUT2D eigenvalue weighted by molar-refractivity contribution is 0.280. The molecule has 0 radical (unpaired) electrons. The van der Waals surface area contributed by atoms with Crippen LogP contribution in [0.25, 0.3) is 0 Å². The van der Waals surface area contributed by atoms with Gasteiger partial charge in [0.15, 0.2) is 0 Å². The van der Waals surface area contributed by atoms with E-state index in [4.69, 9.17) is 4.74 Å². The van der Waals surface area contributed by atoms with Crippen molar-refractivity contribution in [3.05, 3.63) is 87.9 Å². The molecule has 2 aromatic heterocycles. The van der Waals surface area contributed by atoms with Gasteiger partial charge in [0.05, 0.1) is 37.8 Å². The van der Waals surface area contributed by atoms with Crippen LogP contribution in [-0.4, -0.2) is 39.6 Å². The molecule has 4 rings (SSSR count). The van der Waals surface area contributed by atoms with Crippen LogP contribution in [0.3, 0.4) is 0 Å². The van der Waals surface area contributed by atoms with Gasteiger partial charge in [-0.05, 0) is 42.0 Å². The van der Waals surface area contributed by atoms with E-state index in [9.17, 15) is 4.79 Å². The maximum Gasteiger partial charge on any atom is 0.258 e. The molecule has 1 aromatic carbocycles. The Morgan fingerprint density at radius 2 is 1.93 bits per heavy atom. The number of aromatic nitrogens is 3. The van der Waals surface area contributed by atoms with E-state index in [2.05, 4.69) is 26.7 Å². The van der Waals surface area contributed by atoms with Gasteiger partial charge in [0.25, 0.3) is 5.56 Å². The van der Waals surface area contributed by atoms with Gasteiger partial charge in [0.1, 0.15) is 5.75 Å². The van der Waals surface area contributed by atoms with Crippen LogP contribution in [-0.2, 0) is 19.5 Å². The molecule has 0 atom stereocenters. The van der Waals surface area contributed by atoms with Crippen molar-refractivity contribution >= 4 is 0 Å². The molecule has 0 spiro atoms. The van der Waals surface area contributed by atoms with Crippen molar-refractivity contribution in [2.45, 2.75) is 19.5 Å². The molecule has 0 N–H and O–H groups in total. The molecule has 1 aliphatic heterocycles. The number of ether oxygens (including phenoxy) is 1. The first-order chi connectivity index (χ1) is 14.2. The Balaban J connectivity index is 1.45. The number of nitrogens with zero attached hydrogens (tertiary/aromatic N) is 4. The molecule has 0 aliphatic carbocycles. The predicted molar refractivity (Wildman–Crippen MR) is 111 cm³/mol. The summed E-state index contributed by atoms with van der Waals surface area (Å²) in [4.78, 5) is 23.7. The molecule has 0 saturated heterocycles. The van der Waals surface area contributed by atoms with Gasteiger partial charge in [0.2, 0.25) is 0 Å². The summed E-state index contributed by atoms with van der Waals surface area (Å²) in [7, 11) is 1.65. The Morgan fingerprint density at radius 1 is 1.14 bits per heavy atom. The zero-order valence-corrected chi connectivity index (χ0v) is 16.3. The van der Waals surface area contributed by atoms with Crippen LogP contribution in [0.4, 0.5) is 0 Å². The number of rotatable bonds is 4. The summed E-state index contributed by atoms with van der Waals surface area (Å²) in [6, 6.07) is 11.5. The molecule has 3 aromatic rings. The molecule has 0 bridgehead atoms. The number of benzene rings is 1. The van der Waals surface area contributed by atoms with Gasteiger partial charge in [-0.3, -0.25) is 19.2 Å². The Bertz CT molecular complexity index is 1100. The third kappa shape index (κ3) is 4.53. The molecule has 1 aliphatic rings. The molecular weight excluding hydrogens is 364 g/mol. The van der Waals surface area contributed by atoms with Crippen LogP contribution in [0, 0.1) is 11.8 Å². The van der Waals surface area contributed by atoms with Gasteiger partial charge in [0, 0.05) is 37.5 Å². The minimum atomic E-state index is 0.0274. The van der Waals surface area contributed by atoms with Crippen molar-refractivity contribution in [2.24, 2.45) is 0 Å². The fraction of sp³-hybridized carbons (Fsp3) is 0.261. The highest BCUT2D eigenvalue weighted by Crippen LogP contribution is 2.14. The lowest BCUT2D eigenvalue weighted by atomic mass is 10.1. The van der Waals surface area contributed by atoms with Crippen LogP contribution in [0.5, 0.6) is 5.75 Å². The highest BCUT2D eigenvalue weighted by atomic mass is 16.5. The molecule has 6 nitrogen and oxygen atoms in total. The van der Waals surface area contributed by atoms with Gasteiger partial charge >= 0.3 is 0 Å². The predicted octanol–water partition coefficient (Wildman–Crippen LogP) is 2.11. The van der Waals surface area contributed by atoms with Crippen molar-refractivity contribution in [1.82, 2.24) is 19.4 Å². The summed E-state index contributed by atoms with van der Waals surface area (Å²) in [5.74, 6) is 7.20. The second-order valence-electron chi connectivity index (χ2n) is 6.95. The molecule has 29 heavy (non-hydrogen) atoms. The number of methoxy groups -OCH3 is 1. The van der Waals surface area contributed by atoms with E-state index in [1.807, 2.05) is 36.4 Å². The molecular formula is C23H22N4O2. The van der Waals surface area contributed by atoms with Crippen molar-refractivity contribution in [3.8, 4) is 17.6 Å². The van der Waals surface area contributed by atoms with Gasteiger partial charge < -0.3 is 4.74 Å². The second-order valence-corrected chi connectivity index (χ2v) is 6.95. The van der Waals surface area contributed by atoms with Crippen LogP contribution in [0.15, 0.2) is 59.9 Å². The van der Waals surface area contributed by atoms with Crippen LogP contribution in [0.2, 0.25) is 0 Å². The standard InChI is InChI=1S/C23H22N4O2/c1-29-20-6-4-18(5-7-20)3-2-13-26-14-10-22-21(16-26)23(28)27(17-25-22)15-19-8-11-24-12-9-19/h4-9,11-12,17H,10,13-16H2,1H3. The number of pyridine rings is 1. The average Bonchev–Trinajstić information content (AvgIpc) is 2.77. The first kappa shape index (κ1) is 18.9. The minimum Gasteiger partial charge on any atom is -0.497 e. The summed E-state index contributed by atoms with van der Waals surface area (Å²) < 4.78 is 6.83. The Labute approximate surface area is 169 Å². The first-order valence-electron chi connectivity index (χ1n) is 9.54. The molecule has 3 heterocycles. The molecule has 146 valence electrons. The van der Waals surface area contributed by atoms with Crippen molar-refractivity contribution < 1.29 is 4.74 Å². The van der Waals surface area contributed by atoms with E-state index in [1.165, 1.54) is 0 Å². The number of fused-ring (bicyclic) bond motifs is 1. The topological polar surface area (TPSA) is 60.2 Å². The third-order valence-electron chi connectivity index (χ3n) is 4.99. The molecule has 0 saturated carbocycles. The Kier molecular flexibility index (Phi) is 5.68. The molecule has 0 fully saturated rings. The number of hydrogen-bond acceptors (Lipinski definition) is 5. The van der Waals surface area contributed by atoms with Gasteiger partial charge in [-0.25, -0.2) is 4.98 Å². The Hall–Kier alpha value is -3.43. The first-order valence-corrected chi connectivity index (χ1v) is 9.54. The largest absolute Gasteiger partial charge is 0.497 e. The van der Waals surface area contributed by atoms with Gasteiger partial charge in [-0.2, -0.15) is 0 Å². The zero-order valence-electron chi connectivity index (χ0n) is 16.3. The highest BCUT2D eigenvalue weighted by molar-refractivity contribution is 5.38. The van der Waals surface area contributed by atoms with Gasteiger partial charge in [-0.15, -0.1) is 0 Å². The number of hydrogen-bond donors (Lipinski definition) is 0. The second kappa shape index (κ2) is 8.72. The normalized spacial score (nSPS) is 13.3. The fourth-order valence-electron chi connectivity index (χ4n) is 3.37. The molecule has 6 heteroatoms. The summed E-state index contributed by atoms with van der Waals surface area (Å²) in [6.45, 7) is 2.55. The van der Waals surface area contributed by atoms with E-state index < -0.39 is 0 Å². The summed E-state index contributed by atoms with van der Waals surface area (Å²) in [5, 5.41) is 0. The fourth-order valence-corrected chi connectivity index (χ4v) is 3.37. The van der Waals surface area contributed by atoms with E-state index in [0.29, 0.717) is 19.6 Å². The van der Waals surface area contributed by atoms with Crippen LogP contribution in [0.1, 0.15) is 22.4 Å². The van der Waals surface area contributed by atoms with Crippen molar-refractivity contribution in [3.63, 3.8) is 0 Å².